The summed E-state index contributed by atoms with van der Waals surface area (Å²) < 4.78 is 1.18. The van der Waals surface area contributed by atoms with Crippen LogP contribution in [-0.4, -0.2) is 12.6 Å². The minimum Gasteiger partial charge on any atom is -0.368 e. The Hall–Kier alpha value is -0.540. The second-order valence-corrected chi connectivity index (χ2v) is 5.62. The van der Waals surface area contributed by atoms with Gasteiger partial charge in [-0.15, -0.1) is 0 Å². The maximum absolute atomic E-state index is 5.66. The molecule has 1 aliphatic rings. The summed E-state index contributed by atoms with van der Waals surface area (Å²) in [5.74, 6) is 0. The first-order valence-electron chi connectivity index (χ1n) is 6.51. The van der Waals surface area contributed by atoms with Gasteiger partial charge in [0.1, 0.15) is 0 Å². The van der Waals surface area contributed by atoms with Crippen LogP contribution >= 0.6 is 15.9 Å². The predicted molar refractivity (Wildman–Crippen MR) is 77.3 cm³/mol. The number of nitrogens with two attached hydrogens (primary N) is 1. The molecule has 1 aromatic rings. The first-order chi connectivity index (χ1) is 8.26. The highest BCUT2D eigenvalue weighted by atomic mass is 79.9. The van der Waals surface area contributed by atoms with E-state index in [-0.39, 0.29) is 0 Å². The summed E-state index contributed by atoms with van der Waals surface area (Å²) in [7, 11) is 0. The Morgan fingerprint density at radius 3 is 2.71 bits per heavy atom. The fraction of sp³-hybridized carbons (Fsp3) is 0.571. The minimum atomic E-state index is 0.608. The molecule has 0 unspecified atom stereocenters. The maximum Gasteiger partial charge on any atom is 0.0513 e. The monoisotopic (exact) mass is 296 g/mol. The number of halogens is 1. The van der Waals surface area contributed by atoms with Gasteiger partial charge in [-0.2, -0.15) is 0 Å². The van der Waals surface area contributed by atoms with Crippen molar-refractivity contribution < 1.29 is 0 Å². The van der Waals surface area contributed by atoms with Gasteiger partial charge in [0.05, 0.1) is 5.69 Å². The largest absolute Gasteiger partial charge is 0.368 e. The Balaban J connectivity index is 2.16. The molecule has 0 radical (unpaired) electrons. The number of hydrogen-bond acceptors (Lipinski definition) is 2. The summed E-state index contributed by atoms with van der Waals surface area (Å²) in [6, 6.07) is 7.26. The van der Waals surface area contributed by atoms with E-state index in [9.17, 15) is 0 Å². The molecule has 94 valence electrons. The highest BCUT2D eigenvalue weighted by Crippen LogP contribution is 2.36. The molecule has 0 spiro atoms. The predicted octanol–water partition coefficient (Wildman–Crippen LogP) is 3.68. The average molecular weight is 297 g/mol. The summed E-state index contributed by atoms with van der Waals surface area (Å²) in [5, 5.41) is 0. The van der Waals surface area contributed by atoms with Crippen LogP contribution in [0.4, 0.5) is 5.69 Å². The van der Waals surface area contributed by atoms with Crippen LogP contribution in [0.15, 0.2) is 22.7 Å². The van der Waals surface area contributed by atoms with Gasteiger partial charge in [-0.3, -0.25) is 0 Å². The Labute approximate surface area is 112 Å². The number of unbranched alkanes of at least 4 members (excludes halogenated alkanes) is 1. The van der Waals surface area contributed by atoms with E-state index in [0.29, 0.717) is 6.54 Å². The normalized spacial score (nSPS) is 15.0. The van der Waals surface area contributed by atoms with Crippen LogP contribution in [0, 0.1) is 0 Å². The van der Waals surface area contributed by atoms with Gasteiger partial charge in [-0.25, -0.2) is 0 Å². The molecule has 2 rings (SSSR count). The van der Waals surface area contributed by atoms with E-state index < -0.39 is 0 Å². The Bertz CT molecular complexity index is 374. The van der Waals surface area contributed by atoms with Crippen molar-refractivity contribution in [3.63, 3.8) is 0 Å². The van der Waals surface area contributed by atoms with Crippen LogP contribution in [0.5, 0.6) is 0 Å². The highest BCUT2D eigenvalue weighted by Gasteiger charge is 2.29. The van der Waals surface area contributed by atoms with Crippen molar-refractivity contribution in [1.29, 1.82) is 0 Å². The van der Waals surface area contributed by atoms with Crippen LogP contribution in [0.2, 0.25) is 0 Å². The molecule has 2 N–H and O–H groups in total. The van der Waals surface area contributed by atoms with E-state index in [2.05, 4.69) is 46.0 Å². The van der Waals surface area contributed by atoms with Gasteiger partial charge in [0, 0.05) is 23.6 Å². The van der Waals surface area contributed by atoms with Gasteiger partial charge < -0.3 is 10.6 Å². The number of rotatable bonds is 6. The quantitative estimate of drug-likeness (QED) is 0.868. The molecule has 0 saturated heterocycles. The molecule has 17 heavy (non-hydrogen) atoms. The molecule has 0 aliphatic heterocycles. The molecule has 1 aromatic carbocycles. The van der Waals surface area contributed by atoms with Crippen LogP contribution in [-0.2, 0) is 6.54 Å². The third-order valence-corrected chi connectivity index (χ3v) is 3.93. The van der Waals surface area contributed by atoms with Crippen molar-refractivity contribution in [3.05, 3.63) is 28.2 Å². The minimum absolute atomic E-state index is 0.608. The number of benzene rings is 1. The smallest absolute Gasteiger partial charge is 0.0513 e. The van der Waals surface area contributed by atoms with E-state index in [1.54, 1.807) is 0 Å². The molecule has 0 aromatic heterocycles. The summed E-state index contributed by atoms with van der Waals surface area (Å²) in [5.41, 5.74) is 8.18. The van der Waals surface area contributed by atoms with Gasteiger partial charge in [-0.05, 0) is 52.9 Å². The Kier molecular flexibility index (Phi) is 4.46. The van der Waals surface area contributed by atoms with Crippen molar-refractivity contribution in [2.75, 3.05) is 11.4 Å². The zero-order chi connectivity index (χ0) is 12.3. The molecule has 1 saturated carbocycles. The second kappa shape index (κ2) is 5.87. The van der Waals surface area contributed by atoms with Gasteiger partial charge in [-0.1, -0.05) is 19.4 Å². The second-order valence-electron chi connectivity index (χ2n) is 4.77. The van der Waals surface area contributed by atoms with E-state index in [1.807, 2.05) is 0 Å². The highest BCUT2D eigenvalue weighted by molar-refractivity contribution is 9.10. The first kappa shape index (κ1) is 12.9. The summed E-state index contributed by atoms with van der Waals surface area (Å²) in [6.07, 6.45) is 5.20. The standard InChI is InChI=1S/C14H21BrN2/c1-2-3-8-17(12-5-6-12)14-7-4-11(10-16)9-13(14)15/h4,7,9,12H,2-3,5-6,8,10,16H2,1H3. The molecule has 3 heteroatoms. The fourth-order valence-electron chi connectivity index (χ4n) is 2.12. The molecular formula is C14H21BrN2. The van der Waals surface area contributed by atoms with Gasteiger partial charge in [0.15, 0.2) is 0 Å². The lowest BCUT2D eigenvalue weighted by Gasteiger charge is -2.26. The zero-order valence-electron chi connectivity index (χ0n) is 10.5. The molecule has 0 amide bonds. The molecule has 0 heterocycles. The van der Waals surface area contributed by atoms with Gasteiger partial charge in [0.2, 0.25) is 0 Å². The summed E-state index contributed by atoms with van der Waals surface area (Å²) in [4.78, 5) is 2.55. The Morgan fingerprint density at radius 1 is 1.41 bits per heavy atom. The summed E-state index contributed by atoms with van der Waals surface area (Å²) >= 11 is 3.68. The van der Waals surface area contributed by atoms with Crippen LogP contribution in [0.25, 0.3) is 0 Å². The van der Waals surface area contributed by atoms with E-state index in [4.69, 9.17) is 5.73 Å². The molecule has 0 bridgehead atoms. The number of hydrogen-bond donors (Lipinski definition) is 1. The SMILES string of the molecule is CCCCN(c1ccc(CN)cc1Br)C1CC1. The van der Waals surface area contributed by atoms with Crippen molar-refractivity contribution >= 4 is 21.6 Å². The lowest BCUT2D eigenvalue weighted by molar-refractivity contribution is 0.712. The lowest BCUT2D eigenvalue weighted by Crippen LogP contribution is -2.27. The van der Waals surface area contributed by atoms with Crippen molar-refractivity contribution in [1.82, 2.24) is 0 Å². The van der Waals surface area contributed by atoms with Crippen LogP contribution < -0.4 is 10.6 Å². The molecule has 1 aliphatic carbocycles. The molecular weight excluding hydrogens is 276 g/mol. The zero-order valence-corrected chi connectivity index (χ0v) is 12.0. The van der Waals surface area contributed by atoms with Crippen molar-refractivity contribution in [2.45, 2.75) is 45.2 Å². The van der Waals surface area contributed by atoms with Gasteiger partial charge in [0.25, 0.3) is 0 Å². The van der Waals surface area contributed by atoms with E-state index in [0.717, 1.165) is 6.04 Å². The summed E-state index contributed by atoms with van der Waals surface area (Å²) in [6.45, 7) is 4.02. The topological polar surface area (TPSA) is 29.3 Å². The van der Waals surface area contributed by atoms with Crippen molar-refractivity contribution in [3.8, 4) is 0 Å². The van der Waals surface area contributed by atoms with E-state index >= 15 is 0 Å². The molecule has 2 nitrogen and oxygen atoms in total. The van der Waals surface area contributed by atoms with E-state index in [1.165, 1.54) is 48.0 Å². The maximum atomic E-state index is 5.66. The van der Waals surface area contributed by atoms with Gasteiger partial charge >= 0.3 is 0 Å². The number of nitrogens with zero attached hydrogens (tertiary/aromatic N) is 1. The molecule has 1 fully saturated rings. The average Bonchev–Trinajstić information content (AvgIpc) is 3.15. The first-order valence-corrected chi connectivity index (χ1v) is 7.30. The third kappa shape index (κ3) is 3.23. The van der Waals surface area contributed by atoms with Crippen molar-refractivity contribution in [2.24, 2.45) is 5.73 Å². The lowest BCUT2D eigenvalue weighted by atomic mass is 10.2. The number of anilines is 1. The third-order valence-electron chi connectivity index (χ3n) is 3.30. The van der Waals surface area contributed by atoms with Crippen LogP contribution in [0.3, 0.4) is 0 Å². The molecule has 0 atom stereocenters. The van der Waals surface area contributed by atoms with Crippen LogP contribution in [0.1, 0.15) is 38.2 Å². The fourth-order valence-corrected chi connectivity index (χ4v) is 2.78. The Morgan fingerprint density at radius 2 is 2.18 bits per heavy atom.